The van der Waals surface area contributed by atoms with Gasteiger partial charge in [0.15, 0.2) is 23.3 Å². The van der Waals surface area contributed by atoms with Crippen LogP contribution in [0.4, 0.5) is 0 Å². The summed E-state index contributed by atoms with van der Waals surface area (Å²) in [6.07, 6.45) is 1.84. The molecule has 0 saturated carbocycles. The van der Waals surface area contributed by atoms with Crippen LogP contribution in [0.3, 0.4) is 0 Å². The molecule has 10 rings (SSSR count). The maximum Gasteiger partial charge on any atom is 0.164 e. The minimum Gasteiger partial charge on any atom is -0.256 e. The molecule has 0 radical (unpaired) electrons. The van der Waals surface area contributed by atoms with E-state index in [1.165, 1.54) is 0 Å². The van der Waals surface area contributed by atoms with Gasteiger partial charge in [-0.1, -0.05) is 188 Å². The molecule has 0 fully saturated rings. The monoisotopic (exact) mass is 768 g/mol. The molecule has 0 spiro atoms. The molecule has 6 heteroatoms. The van der Waals surface area contributed by atoms with E-state index in [2.05, 4.69) is 103 Å². The molecule has 0 amide bonds. The number of benzene rings is 7. The summed E-state index contributed by atoms with van der Waals surface area (Å²) < 4.78 is 0. The Hall–Kier alpha value is -8.22. The van der Waals surface area contributed by atoms with Gasteiger partial charge in [-0.25, -0.2) is 24.9 Å². The van der Waals surface area contributed by atoms with Gasteiger partial charge >= 0.3 is 0 Å². The maximum atomic E-state index is 5.04. The number of hydrogen-bond donors (Lipinski definition) is 0. The SMILES string of the molecule is c1ccc(-c2cc(-c3ccccc3)nc(-c3ccc(-c4ccc(-c5ccccn5)c(-c5ccc(-c6nc(-c7ccccc7)nc(-c7ccccc7)n6)cc5)c4)cc3)n2)cc1. The van der Waals surface area contributed by atoms with E-state index in [0.29, 0.717) is 23.3 Å². The van der Waals surface area contributed by atoms with E-state index in [1.807, 2.05) is 115 Å². The summed E-state index contributed by atoms with van der Waals surface area (Å²) in [5.74, 6) is 2.55. The molecule has 0 aliphatic carbocycles. The van der Waals surface area contributed by atoms with Gasteiger partial charge in [0.25, 0.3) is 0 Å². The average molecular weight is 769 g/mol. The Kier molecular flexibility index (Phi) is 9.84. The zero-order valence-electron chi connectivity index (χ0n) is 32.5. The van der Waals surface area contributed by atoms with Gasteiger partial charge in [0.05, 0.1) is 17.1 Å². The van der Waals surface area contributed by atoms with Crippen LogP contribution >= 0.6 is 0 Å². The highest BCUT2D eigenvalue weighted by Gasteiger charge is 2.16. The maximum absolute atomic E-state index is 5.04. The van der Waals surface area contributed by atoms with Crippen LogP contribution in [0.25, 0.3) is 102 Å². The Labute approximate surface area is 348 Å². The van der Waals surface area contributed by atoms with Crippen molar-refractivity contribution in [2.45, 2.75) is 0 Å². The molecule has 0 aliphatic heterocycles. The fraction of sp³-hybridized carbons (Fsp3) is 0. The molecule has 0 atom stereocenters. The van der Waals surface area contributed by atoms with Crippen LogP contribution in [-0.4, -0.2) is 29.9 Å². The fourth-order valence-corrected chi connectivity index (χ4v) is 7.35. The molecule has 282 valence electrons. The Bertz CT molecular complexity index is 2920. The predicted molar refractivity (Wildman–Crippen MR) is 242 cm³/mol. The van der Waals surface area contributed by atoms with E-state index in [1.54, 1.807) is 0 Å². The summed E-state index contributed by atoms with van der Waals surface area (Å²) in [6, 6.07) is 72.2. The molecule has 0 unspecified atom stereocenters. The van der Waals surface area contributed by atoms with E-state index in [4.69, 9.17) is 29.9 Å². The molecule has 7 aromatic carbocycles. The largest absolute Gasteiger partial charge is 0.256 e. The van der Waals surface area contributed by atoms with Gasteiger partial charge in [-0.3, -0.25) is 4.98 Å². The standard InChI is InChI=1S/C54H36N6/c1-5-15-39(16-6-1)49-36-50(40-17-7-2-8-18-40)57-51(56-49)43-28-24-37(25-29-43)45-32-33-46(48-23-13-14-34-55-48)47(35-45)38-26-30-44(31-27-38)54-59-52(41-19-9-3-10-20-41)58-53(60-54)42-21-11-4-12-22-42/h1-36H. The van der Waals surface area contributed by atoms with E-state index in [-0.39, 0.29) is 0 Å². The minimum absolute atomic E-state index is 0.613. The topological polar surface area (TPSA) is 77.3 Å². The van der Waals surface area contributed by atoms with Crippen molar-refractivity contribution in [3.63, 3.8) is 0 Å². The fourth-order valence-electron chi connectivity index (χ4n) is 7.35. The quantitative estimate of drug-likeness (QED) is 0.145. The zero-order valence-corrected chi connectivity index (χ0v) is 32.5. The Morgan fingerprint density at radius 2 is 0.600 bits per heavy atom. The highest BCUT2D eigenvalue weighted by Crippen LogP contribution is 2.37. The Morgan fingerprint density at radius 1 is 0.217 bits per heavy atom. The summed E-state index contributed by atoms with van der Waals surface area (Å²) in [7, 11) is 0. The first-order chi connectivity index (χ1) is 29.7. The number of hydrogen-bond acceptors (Lipinski definition) is 6. The molecule has 0 saturated heterocycles. The average Bonchev–Trinajstić information content (AvgIpc) is 3.35. The first kappa shape index (κ1) is 36.1. The first-order valence-corrected chi connectivity index (χ1v) is 19.9. The minimum atomic E-state index is 0.613. The van der Waals surface area contributed by atoms with Crippen LogP contribution < -0.4 is 0 Å². The molecule has 60 heavy (non-hydrogen) atoms. The lowest BCUT2D eigenvalue weighted by Gasteiger charge is -2.14. The van der Waals surface area contributed by atoms with Gasteiger partial charge in [0, 0.05) is 45.1 Å². The Morgan fingerprint density at radius 3 is 1.07 bits per heavy atom. The molecule has 3 aromatic heterocycles. The van der Waals surface area contributed by atoms with Crippen molar-refractivity contribution in [3.05, 3.63) is 219 Å². The summed E-state index contributed by atoms with van der Waals surface area (Å²) in [5, 5.41) is 0. The molecule has 0 aliphatic rings. The van der Waals surface area contributed by atoms with Gasteiger partial charge in [0.2, 0.25) is 0 Å². The summed E-state index contributed by atoms with van der Waals surface area (Å²) in [4.78, 5) is 29.6. The van der Waals surface area contributed by atoms with Gasteiger partial charge < -0.3 is 0 Å². The third kappa shape index (κ3) is 7.61. The second-order valence-electron chi connectivity index (χ2n) is 14.4. The molecule has 3 heterocycles. The molecule has 10 aromatic rings. The highest BCUT2D eigenvalue weighted by molar-refractivity contribution is 5.87. The van der Waals surface area contributed by atoms with E-state index in [9.17, 15) is 0 Å². The lowest BCUT2D eigenvalue weighted by molar-refractivity contribution is 1.07. The normalized spacial score (nSPS) is 11.0. The summed E-state index contributed by atoms with van der Waals surface area (Å²) >= 11 is 0. The van der Waals surface area contributed by atoms with E-state index < -0.39 is 0 Å². The zero-order chi connectivity index (χ0) is 40.1. The summed E-state index contributed by atoms with van der Waals surface area (Å²) in [6.45, 7) is 0. The van der Waals surface area contributed by atoms with Crippen molar-refractivity contribution in [1.82, 2.24) is 29.9 Å². The number of nitrogens with zero attached hydrogens (tertiary/aromatic N) is 6. The van der Waals surface area contributed by atoms with Crippen LogP contribution in [0.2, 0.25) is 0 Å². The van der Waals surface area contributed by atoms with Crippen LogP contribution in [0, 0.1) is 0 Å². The molecular formula is C54H36N6. The van der Waals surface area contributed by atoms with Crippen molar-refractivity contribution < 1.29 is 0 Å². The van der Waals surface area contributed by atoms with Gasteiger partial charge in [-0.2, -0.15) is 0 Å². The Balaban J connectivity index is 1.01. The number of rotatable bonds is 9. The van der Waals surface area contributed by atoms with Gasteiger partial charge in [-0.05, 0) is 46.5 Å². The van der Waals surface area contributed by atoms with Crippen LogP contribution in [-0.2, 0) is 0 Å². The van der Waals surface area contributed by atoms with E-state index in [0.717, 1.165) is 78.3 Å². The predicted octanol–water partition coefficient (Wildman–Crippen LogP) is 13.1. The van der Waals surface area contributed by atoms with Crippen LogP contribution in [0.15, 0.2) is 219 Å². The number of aromatic nitrogens is 6. The van der Waals surface area contributed by atoms with Crippen molar-refractivity contribution in [2.75, 3.05) is 0 Å². The first-order valence-electron chi connectivity index (χ1n) is 19.9. The van der Waals surface area contributed by atoms with Gasteiger partial charge in [0.1, 0.15) is 0 Å². The lowest BCUT2D eigenvalue weighted by atomic mass is 9.92. The van der Waals surface area contributed by atoms with Crippen molar-refractivity contribution in [3.8, 4) is 102 Å². The van der Waals surface area contributed by atoms with Crippen molar-refractivity contribution in [1.29, 1.82) is 0 Å². The molecule has 6 nitrogen and oxygen atoms in total. The smallest absolute Gasteiger partial charge is 0.164 e. The second kappa shape index (κ2) is 16.3. The highest BCUT2D eigenvalue weighted by atomic mass is 15.0. The van der Waals surface area contributed by atoms with Crippen molar-refractivity contribution in [2.24, 2.45) is 0 Å². The van der Waals surface area contributed by atoms with Gasteiger partial charge in [-0.15, -0.1) is 0 Å². The third-order valence-electron chi connectivity index (χ3n) is 10.5. The second-order valence-corrected chi connectivity index (χ2v) is 14.4. The van der Waals surface area contributed by atoms with Crippen molar-refractivity contribution >= 4 is 0 Å². The third-order valence-corrected chi connectivity index (χ3v) is 10.5. The molecule has 0 N–H and O–H groups in total. The van der Waals surface area contributed by atoms with Crippen LogP contribution in [0.5, 0.6) is 0 Å². The lowest BCUT2D eigenvalue weighted by Crippen LogP contribution is -2.00. The summed E-state index contributed by atoms with van der Waals surface area (Å²) in [5.41, 5.74) is 13.8. The molecular weight excluding hydrogens is 733 g/mol. The van der Waals surface area contributed by atoms with E-state index >= 15 is 0 Å². The van der Waals surface area contributed by atoms with Crippen LogP contribution in [0.1, 0.15) is 0 Å². The number of pyridine rings is 1. The molecule has 0 bridgehead atoms.